The van der Waals surface area contributed by atoms with E-state index in [1.54, 1.807) is 13.0 Å². The molecule has 0 fully saturated rings. The lowest BCUT2D eigenvalue weighted by molar-refractivity contribution is 0.199. The Kier molecular flexibility index (Phi) is 3.84. The van der Waals surface area contributed by atoms with E-state index in [1.807, 2.05) is 54.4 Å². The quantitative estimate of drug-likeness (QED) is 0.911. The molecule has 0 aliphatic carbocycles. The maximum atomic E-state index is 9.49. The van der Waals surface area contributed by atoms with Crippen molar-refractivity contribution in [2.24, 2.45) is 0 Å². The van der Waals surface area contributed by atoms with Crippen molar-refractivity contribution in [2.45, 2.75) is 13.0 Å². The van der Waals surface area contributed by atoms with Crippen molar-refractivity contribution < 1.29 is 5.11 Å². The van der Waals surface area contributed by atoms with Crippen molar-refractivity contribution in [2.75, 3.05) is 11.9 Å². The molecule has 96 valence electrons. The molecule has 0 bridgehead atoms. The summed E-state index contributed by atoms with van der Waals surface area (Å²) in [5.41, 5.74) is 3.51. The Morgan fingerprint density at radius 3 is 2.37 bits per heavy atom. The van der Waals surface area contributed by atoms with Gasteiger partial charge in [0, 0.05) is 18.4 Å². The lowest BCUT2D eigenvalue weighted by Crippen LogP contribution is -2.09. The highest BCUT2D eigenvalue weighted by Crippen LogP contribution is 2.25. The molecule has 0 radical (unpaired) electrons. The van der Waals surface area contributed by atoms with Crippen molar-refractivity contribution in [1.29, 1.82) is 5.26 Å². The maximum Gasteiger partial charge on any atom is 0.0992 e. The van der Waals surface area contributed by atoms with Crippen LogP contribution in [0.3, 0.4) is 0 Å². The lowest BCUT2D eigenvalue weighted by Gasteiger charge is -2.20. The summed E-state index contributed by atoms with van der Waals surface area (Å²) < 4.78 is 0. The summed E-state index contributed by atoms with van der Waals surface area (Å²) in [6.45, 7) is 1.75. The molecule has 0 aliphatic heterocycles. The Balaban J connectivity index is 2.28. The molecule has 2 aromatic carbocycles. The van der Waals surface area contributed by atoms with Crippen LogP contribution in [0.2, 0.25) is 0 Å². The highest BCUT2D eigenvalue weighted by molar-refractivity contribution is 5.64. The standard InChI is InChI=1S/C16H16N2O/c1-12(19)14-6-8-15(9-7-14)18(2)16-5-3-4-13(10-16)11-17/h3-10,12,19H,1-2H3/t12-/m1/s1. The molecule has 0 unspecified atom stereocenters. The second-order valence-electron chi connectivity index (χ2n) is 4.49. The van der Waals surface area contributed by atoms with Crippen molar-refractivity contribution >= 4 is 11.4 Å². The summed E-state index contributed by atoms with van der Waals surface area (Å²) in [4.78, 5) is 2.01. The summed E-state index contributed by atoms with van der Waals surface area (Å²) >= 11 is 0. The molecular weight excluding hydrogens is 236 g/mol. The van der Waals surface area contributed by atoms with Gasteiger partial charge in [0.15, 0.2) is 0 Å². The zero-order valence-electron chi connectivity index (χ0n) is 11.0. The van der Waals surface area contributed by atoms with E-state index in [2.05, 4.69) is 6.07 Å². The molecule has 0 heterocycles. The minimum absolute atomic E-state index is 0.457. The Labute approximate surface area is 113 Å². The van der Waals surface area contributed by atoms with Crippen molar-refractivity contribution in [1.82, 2.24) is 0 Å². The van der Waals surface area contributed by atoms with Gasteiger partial charge in [-0.05, 0) is 42.8 Å². The molecule has 0 amide bonds. The van der Waals surface area contributed by atoms with E-state index in [0.717, 1.165) is 16.9 Å². The van der Waals surface area contributed by atoms with E-state index >= 15 is 0 Å². The molecule has 1 N–H and O–H groups in total. The van der Waals surface area contributed by atoms with E-state index < -0.39 is 6.10 Å². The number of hydrogen-bond donors (Lipinski definition) is 1. The molecule has 19 heavy (non-hydrogen) atoms. The van der Waals surface area contributed by atoms with E-state index in [-0.39, 0.29) is 0 Å². The molecule has 0 spiro atoms. The molecule has 2 aromatic rings. The second-order valence-corrected chi connectivity index (χ2v) is 4.49. The van der Waals surface area contributed by atoms with Crippen LogP contribution in [0.4, 0.5) is 11.4 Å². The molecule has 3 heteroatoms. The summed E-state index contributed by atoms with van der Waals surface area (Å²) in [5, 5.41) is 18.4. The number of nitriles is 1. The Bertz CT molecular complexity index is 597. The molecular formula is C16H16N2O. The van der Waals surface area contributed by atoms with Gasteiger partial charge in [0.25, 0.3) is 0 Å². The topological polar surface area (TPSA) is 47.3 Å². The minimum Gasteiger partial charge on any atom is -0.389 e. The SMILES string of the molecule is C[C@@H](O)c1ccc(N(C)c2cccc(C#N)c2)cc1. The molecule has 1 atom stereocenters. The molecule has 2 rings (SSSR count). The minimum atomic E-state index is -0.457. The van der Waals surface area contributed by atoms with Gasteiger partial charge in [-0.15, -0.1) is 0 Å². The first-order chi connectivity index (χ1) is 9.11. The van der Waals surface area contributed by atoms with Crippen molar-refractivity contribution in [3.05, 3.63) is 59.7 Å². The molecule has 0 saturated heterocycles. The Hall–Kier alpha value is -2.31. The monoisotopic (exact) mass is 252 g/mol. The van der Waals surface area contributed by atoms with Gasteiger partial charge >= 0.3 is 0 Å². The van der Waals surface area contributed by atoms with Crippen molar-refractivity contribution in [3.8, 4) is 6.07 Å². The number of nitrogens with zero attached hydrogens (tertiary/aromatic N) is 2. The van der Waals surface area contributed by atoms with Gasteiger partial charge in [-0.3, -0.25) is 0 Å². The average molecular weight is 252 g/mol. The van der Waals surface area contributed by atoms with Crippen LogP contribution < -0.4 is 4.90 Å². The predicted octanol–water partition coefficient (Wildman–Crippen LogP) is 3.38. The van der Waals surface area contributed by atoms with Crippen LogP contribution in [0.5, 0.6) is 0 Å². The maximum absolute atomic E-state index is 9.49. The van der Waals surface area contributed by atoms with Crippen LogP contribution in [0.15, 0.2) is 48.5 Å². The van der Waals surface area contributed by atoms with Gasteiger partial charge < -0.3 is 10.0 Å². The van der Waals surface area contributed by atoms with E-state index in [9.17, 15) is 5.11 Å². The van der Waals surface area contributed by atoms with E-state index in [4.69, 9.17) is 5.26 Å². The van der Waals surface area contributed by atoms with Gasteiger partial charge in [-0.25, -0.2) is 0 Å². The lowest BCUT2D eigenvalue weighted by atomic mass is 10.1. The zero-order valence-corrected chi connectivity index (χ0v) is 11.0. The highest BCUT2D eigenvalue weighted by atomic mass is 16.3. The fourth-order valence-electron chi connectivity index (χ4n) is 1.91. The first-order valence-electron chi connectivity index (χ1n) is 6.13. The van der Waals surface area contributed by atoms with Crippen LogP contribution >= 0.6 is 0 Å². The van der Waals surface area contributed by atoms with Gasteiger partial charge in [0.1, 0.15) is 0 Å². The van der Waals surface area contributed by atoms with Crippen LogP contribution in [-0.4, -0.2) is 12.2 Å². The number of rotatable bonds is 3. The number of anilines is 2. The fourth-order valence-corrected chi connectivity index (χ4v) is 1.91. The fraction of sp³-hybridized carbons (Fsp3) is 0.188. The normalized spacial score (nSPS) is 11.7. The Morgan fingerprint density at radius 1 is 1.11 bits per heavy atom. The smallest absolute Gasteiger partial charge is 0.0992 e. The summed E-state index contributed by atoms with van der Waals surface area (Å²) in [5.74, 6) is 0. The first-order valence-corrected chi connectivity index (χ1v) is 6.13. The predicted molar refractivity (Wildman–Crippen MR) is 76.3 cm³/mol. The van der Waals surface area contributed by atoms with E-state index in [0.29, 0.717) is 5.56 Å². The first kappa shape index (κ1) is 13.1. The number of hydrogen-bond acceptors (Lipinski definition) is 3. The zero-order chi connectivity index (χ0) is 13.8. The van der Waals surface area contributed by atoms with Gasteiger partial charge in [-0.1, -0.05) is 18.2 Å². The number of benzene rings is 2. The number of aliphatic hydroxyl groups is 1. The van der Waals surface area contributed by atoms with Gasteiger partial charge in [0.05, 0.1) is 17.7 Å². The van der Waals surface area contributed by atoms with E-state index in [1.165, 1.54) is 0 Å². The van der Waals surface area contributed by atoms with Crippen molar-refractivity contribution in [3.63, 3.8) is 0 Å². The molecule has 0 aromatic heterocycles. The van der Waals surface area contributed by atoms with Crippen LogP contribution in [0.1, 0.15) is 24.2 Å². The second kappa shape index (κ2) is 5.55. The highest BCUT2D eigenvalue weighted by Gasteiger charge is 2.06. The van der Waals surface area contributed by atoms with Crippen LogP contribution in [-0.2, 0) is 0 Å². The average Bonchev–Trinajstić information content (AvgIpc) is 2.46. The molecule has 0 saturated carbocycles. The summed E-state index contributed by atoms with van der Waals surface area (Å²) in [7, 11) is 1.95. The molecule has 3 nitrogen and oxygen atoms in total. The van der Waals surface area contributed by atoms with Gasteiger partial charge in [0.2, 0.25) is 0 Å². The third kappa shape index (κ3) is 2.93. The largest absolute Gasteiger partial charge is 0.389 e. The van der Waals surface area contributed by atoms with Gasteiger partial charge in [-0.2, -0.15) is 5.26 Å². The Morgan fingerprint density at radius 2 is 1.79 bits per heavy atom. The molecule has 0 aliphatic rings. The summed E-state index contributed by atoms with van der Waals surface area (Å²) in [6.07, 6.45) is -0.457. The third-order valence-electron chi connectivity index (χ3n) is 3.13. The third-order valence-corrected chi connectivity index (χ3v) is 3.13. The van der Waals surface area contributed by atoms with Crippen LogP contribution in [0.25, 0.3) is 0 Å². The van der Waals surface area contributed by atoms with Crippen LogP contribution in [0, 0.1) is 11.3 Å². The number of aliphatic hydroxyl groups excluding tert-OH is 1. The summed E-state index contributed by atoms with van der Waals surface area (Å²) in [6, 6.07) is 17.3.